The summed E-state index contributed by atoms with van der Waals surface area (Å²) in [7, 11) is 0. The number of nitrogens with one attached hydrogen (secondary N) is 1. The number of aromatic nitrogens is 2. The minimum absolute atomic E-state index is 0.0750. The second kappa shape index (κ2) is 6.89. The van der Waals surface area contributed by atoms with E-state index in [-0.39, 0.29) is 18.3 Å². The topological polar surface area (TPSA) is 46.9 Å². The Labute approximate surface area is 128 Å². The monoisotopic (exact) mass is 311 g/mol. The Morgan fingerprint density at radius 1 is 1.48 bits per heavy atom. The fraction of sp³-hybridized carbons (Fsp3) is 0.467. The lowest BCUT2D eigenvalue weighted by molar-refractivity contribution is -0.121. The summed E-state index contributed by atoms with van der Waals surface area (Å²) in [4.78, 5) is 16.4. The lowest BCUT2D eigenvalue weighted by Crippen LogP contribution is -2.28. The normalized spacial score (nSPS) is 11.0. The lowest BCUT2D eigenvalue weighted by Gasteiger charge is -2.09. The number of imidazole rings is 1. The molecule has 6 heteroatoms. The quantitative estimate of drug-likeness (QED) is 0.834. The zero-order chi connectivity index (χ0) is 15.4. The van der Waals surface area contributed by atoms with E-state index in [1.807, 2.05) is 11.5 Å². The van der Waals surface area contributed by atoms with Gasteiger partial charge in [-0.15, -0.1) is 11.6 Å². The molecule has 1 heterocycles. The number of aryl methyl sites for hydroxylation is 2. The van der Waals surface area contributed by atoms with Crippen LogP contribution in [0.4, 0.5) is 4.39 Å². The fourth-order valence-corrected chi connectivity index (χ4v) is 2.38. The zero-order valence-corrected chi connectivity index (χ0v) is 13.0. The highest BCUT2D eigenvalue weighted by Gasteiger charge is 2.15. The Morgan fingerprint density at radius 3 is 2.90 bits per heavy atom. The number of carbonyl (C=O) groups excluding carboxylic acids is 1. The van der Waals surface area contributed by atoms with Crippen LogP contribution in [0, 0.1) is 12.7 Å². The van der Waals surface area contributed by atoms with Crippen molar-refractivity contribution in [3.05, 3.63) is 29.3 Å². The number of benzene rings is 1. The molecular weight excluding hydrogens is 293 g/mol. The third-order valence-corrected chi connectivity index (χ3v) is 3.49. The number of rotatable bonds is 6. The predicted molar refractivity (Wildman–Crippen MR) is 82.2 cm³/mol. The van der Waals surface area contributed by atoms with E-state index >= 15 is 0 Å². The zero-order valence-electron chi connectivity index (χ0n) is 12.2. The van der Waals surface area contributed by atoms with E-state index in [9.17, 15) is 9.18 Å². The highest BCUT2D eigenvalue weighted by atomic mass is 35.5. The van der Waals surface area contributed by atoms with Gasteiger partial charge < -0.3 is 9.88 Å². The summed E-state index contributed by atoms with van der Waals surface area (Å²) in [6, 6.07) is 3.13. The van der Waals surface area contributed by atoms with Crippen molar-refractivity contribution < 1.29 is 9.18 Å². The van der Waals surface area contributed by atoms with E-state index < -0.39 is 0 Å². The highest BCUT2D eigenvalue weighted by Crippen LogP contribution is 2.21. The van der Waals surface area contributed by atoms with Gasteiger partial charge in [0.25, 0.3) is 0 Å². The van der Waals surface area contributed by atoms with Crippen LogP contribution >= 0.6 is 11.6 Å². The number of alkyl halides is 1. The predicted octanol–water partition coefficient (Wildman–Crippen LogP) is 2.79. The van der Waals surface area contributed by atoms with Crippen LogP contribution in [0.5, 0.6) is 0 Å². The molecule has 0 saturated carbocycles. The number of carbonyl (C=O) groups is 1. The van der Waals surface area contributed by atoms with E-state index in [2.05, 4.69) is 10.3 Å². The van der Waals surface area contributed by atoms with Crippen molar-refractivity contribution in [2.75, 3.05) is 12.4 Å². The third kappa shape index (κ3) is 3.53. The maximum Gasteiger partial charge on any atom is 0.240 e. The van der Waals surface area contributed by atoms with Crippen molar-refractivity contribution in [3.63, 3.8) is 0 Å². The average Bonchev–Trinajstić information content (AvgIpc) is 2.75. The van der Waals surface area contributed by atoms with Gasteiger partial charge in [-0.3, -0.25) is 4.79 Å². The van der Waals surface area contributed by atoms with Crippen molar-refractivity contribution in [1.82, 2.24) is 14.9 Å². The Hall–Kier alpha value is -1.62. The van der Waals surface area contributed by atoms with Crippen LogP contribution in [0.3, 0.4) is 0 Å². The van der Waals surface area contributed by atoms with Crippen molar-refractivity contribution in [3.8, 4) is 0 Å². The van der Waals surface area contributed by atoms with Gasteiger partial charge in [0.05, 0.1) is 11.0 Å². The van der Waals surface area contributed by atoms with Crippen LogP contribution in [0.25, 0.3) is 11.0 Å². The van der Waals surface area contributed by atoms with Gasteiger partial charge >= 0.3 is 0 Å². The van der Waals surface area contributed by atoms with E-state index in [0.717, 1.165) is 11.9 Å². The molecule has 1 aromatic heterocycles. The smallest absolute Gasteiger partial charge is 0.240 e. The van der Waals surface area contributed by atoms with Crippen molar-refractivity contribution in [1.29, 1.82) is 0 Å². The van der Waals surface area contributed by atoms with Gasteiger partial charge in [-0.2, -0.15) is 0 Å². The molecule has 1 N–H and O–H groups in total. The maximum absolute atomic E-state index is 13.6. The van der Waals surface area contributed by atoms with Gasteiger partial charge in [0.15, 0.2) is 0 Å². The summed E-state index contributed by atoms with van der Waals surface area (Å²) in [5.74, 6) is 0.743. The molecule has 1 aromatic carbocycles. The number of amides is 1. The van der Waals surface area contributed by atoms with Crippen LogP contribution < -0.4 is 5.32 Å². The molecule has 0 saturated heterocycles. The highest BCUT2D eigenvalue weighted by molar-refractivity contribution is 6.17. The van der Waals surface area contributed by atoms with E-state index in [0.29, 0.717) is 35.8 Å². The summed E-state index contributed by atoms with van der Waals surface area (Å²) >= 11 is 5.79. The van der Waals surface area contributed by atoms with Gasteiger partial charge in [-0.25, -0.2) is 9.37 Å². The fourth-order valence-electron chi connectivity index (χ4n) is 2.22. The molecule has 21 heavy (non-hydrogen) atoms. The number of hydrogen-bond acceptors (Lipinski definition) is 2. The Morgan fingerprint density at radius 2 is 2.24 bits per heavy atom. The first kappa shape index (κ1) is 15.8. The summed E-state index contributed by atoms with van der Waals surface area (Å²) < 4.78 is 15.5. The lowest BCUT2D eigenvalue weighted by atomic mass is 10.2. The molecule has 0 bridgehead atoms. The first-order valence-electron chi connectivity index (χ1n) is 7.04. The van der Waals surface area contributed by atoms with Gasteiger partial charge in [-0.1, -0.05) is 6.92 Å². The van der Waals surface area contributed by atoms with E-state index in [1.54, 1.807) is 13.0 Å². The molecule has 0 radical (unpaired) electrons. The molecule has 0 spiro atoms. The van der Waals surface area contributed by atoms with Gasteiger partial charge in [0.1, 0.15) is 18.2 Å². The summed E-state index contributed by atoms with van der Waals surface area (Å²) in [5.41, 5.74) is 1.86. The maximum atomic E-state index is 13.6. The number of nitrogens with zero attached hydrogens (tertiary/aromatic N) is 2. The second-order valence-electron chi connectivity index (χ2n) is 4.99. The first-order chi connectivity index (χ1) is 10.1. The van der Waals surface area contributed by atoms with Crippen molar-refractivity contribution in [2.45, 2.75) is 33.2 Å². The van der Waals surface area contributed by atoms with Gasteiger partial charge in [-0.05, 0) is 25.0 Å². The SMILES string of the molecule is CCCNC(=O)Cn1c(CCCl)nc2cc(F)c(C)cc21. The summed E-state index contributed by atoms with van der Waals surface area (Å²) in [6.07, 6.45) is 1.42. The van der Waals surface area contributed by atoms with Gasteiger partial charge in [0, 0.05) is 24.9 Å². The van der Waals surface area contributed by atoms with Crippen molar-refractivity contribution in [2.24, 2.45) is 0 Å². The van der Waals surface area contributed by atoms with Gasteiger partial charge in [0.2, 0.25) is 5.91 Å². The van der Waals surface area contributed by atoms with Crippen molar-refractivity contribution >= 4 is 28.5 Å². The first-order valence-corrected chi connectivity index (χ1v) is 7.58. The Balaban J connectivity index is 2.40. The average molecular weight is 312 g/mol. The molecule has 0 unspecified atom stereocenters. The molecule has 1 amide bonds. The molecule has 0 aliphatic heterocycles. The molecule has 0 aliphatic carbocycles. The minimum atomic E-state index is -0.292. The van der Waals surface area contributed by atoms with Crippen LogP contribution in [-0.4, -0.2) is 27.9 Å². The van der Waals surface area contributed by atoms with E-state index in [1.165, 1.54) is 6.07 Å². The number of hydrogen-bond donors (Lipinski definition) is 1. The molecule has 114 valence electrons. The summed E-state index contributed by atoms with van der Waals surface area (Å²) in [6.45, 7) is 4.51. The van der Waals surface area contributed by atoms with Crippen LogP contribution in [0.1, 0.15) is 24.7 Å². The number of fused-ring (bicyclic) bond motifs is 1. The standard InChI is InChI=1S/C15H19ClFN3O/c1-3-6-18-15(21)9-20-13-7-10(2)11(17)8-12(13)19-14(20)4-5-16/h7-8H,3-6,9H2,1-2H3,(H,18,21). The Kier molecular flexibility index (Phi) is 5.17. The van der Waals surface area contributed by atoms with Crippen LogP contribution in [0.2, 0.25) is 0 Å². The molecule has 2 rings (SSSR count). The summed E-state index contributed by atoms with van der Waals surface area (Å²) in [5, 5.41) is 2.84. The Bertz CT molecular complexity index is 654. The van der Waals surface area contributed by atoms with E-state index in [4.69, 9.17) is 11.6 Å². The van der Waals surface area contributed by atoms with Crippen LogP contribution in [0.15, 0.2) is 12.1 Å². The molecule has 0 atom stereocenters. The molecule has 4 nitrogen and oxygen atoms in total. The number of halogens is 2. The molecule has 2 aromatic rings. The second-order valence-corrected chi connectivity index (χ2v) is 5.37. The molecular formula is C15H19ClFN3O. The molecule has 0 fully saturated rings. The largest absolute Gasteiger partial charge is 0.355 e. The molecule has 0 aliphatic rings. The third-order valence-electron chi connectivity index (χ3n) is 3.30. The van der Waals surface area contributed by atoms with Crippen LogP contribution in [-0.2, 0) is 17.8 Å². The minimum Gasteiger partial charge on any atom is -0.355 e.